The molecule has 4 amide bonds. The van der Waals surface area contributed by atoms with Crippen molar-refractivity contribution in [2.24, 2.45) is 17.8 Å². The van der Waals surface area contributed by atoms with Crippen LogP contribution in [0.1, 0.15) is 62.7 Å². The van der Waals surface area contributed by atoms with E-state index in [1.165, 1.54) is 0 Å². The SMILES string of the molecule is [3H]C(=O)NC(C(=O)NC(C(=O)NC(CC(C)C)C(=O)NCCC)C(C)C)C(C)C. The smallest absolute Gasteiger partial charge is 0.243 e. The van der Waals surface area contributed by atoms with Crippen LogP contribution in [0.15, 0.2) is 0 Å². The summed E-state index contributed by atoms with van der Waals surface area (Å²) in [6.07, 6.45) is 0.203. The van der Waals surface area contributed by atoms with Gasteiger partial charge in [-0.2, -0.15) is 0 Å². The average Bonchev–Trinajstić information content (AvgIpc) is 2.60. The highest BCUT2D eigenvalue weighted by atomic mass is 16.2. The molecular formula is C20H38N4O4. The number of carbonyl (C=O) groups is 4. The second kappa shape index (κ2) is 13.1. The number of carbonyl (C=O) groups excluding carboxylic acids is 4. The maximum Gasteiger partial charge on any atom is 0.243 e. The minimum Gasteiger partial charge on any atom is -0.354 e. The van der Waals surface area contributed by atoms with Gasteiger partial charge in [-0.3, -0.25) is 19.2 Å². The zero-order valence-electron chi connectivity index (χ0n) is 19.2. The molecule has 0 aromatic rings. The normalized spacial score (nSPS) is 14.9. The van der Waals surface area contributed by atoms with Crippen LogP contribution in [0.4, 0.5) is 0 Å². The third-order valence-corrected chi connectivity index (χ3v) is 4.30. The Morgan fingerprint density at radius 3 is 1.86 bits per heavy atom. The summed E-state index contributed by atoms with van der Waals surface area (Å²) < 4.78 is 7.05. The molecule has 0 aromatic carbocycles. The van der Waals surface area contributed by atoms with Crippen molar-refractivity contribution in [1.29, 1.82) is 0 Å². The van der Waals surface area contributed by atoms with Gasteiger partial charge >= 0.3 is 0 Å². The van der Waals surface area contributed by atoms with Crippen molar-refractivity contribution in [2.45, 2.75) is 79.4 Å². The fraction of sp³-hybridized carbons (Fsp3) is 0.800. The van der Waals surface area contributed by atoms with Crippen molar-refractivity contribution in [3.05, 3.63) is 0 Å². The molecule has 0 saturated heterocycles. The molecule has 162 valence electrons. The Labute approximate surface area is 170 Å². The Hall–Kier alpha value is -2.12. The van der Waals surface area contributed by atoms with E-state index in [4.69, 9.17) is 1.37 Å². The summed E-state index contributed by atoms with van der Waals surface area (Å²) in [5.74, 6) is -1.54. The number of rotatable bonds is 12. The van der Waals surface area contributed by atoms with Gasteiger partial charge in [-0.25, -0.2) is 0 Å². The summed E-state index contributed by atoms with van der Waals surface area (Å²) in [4.78, 5) is 49.0. The molecule has 0 saturated carbocycles. The third kappa shape index (κ3) is 9.19. The molecule has 0 aromatic heterocycles. The van der Waals surface area contributed by atoms with Crippen LogP contribution < -0.4 is 21.3 Å². The molecule has 0 spiro atoms. The van der Waals surface area contributed by atoms with Crippen LogP contribution in [-0.4, -0.2) is 48.8 Å². The number of amides is 4. The molecule has 0 fully saturated rings. The first kappa shape index (κ1) is 23.9. The Kier molecular flexibility index (Phi) is 11.2. The number of nitrogens with one attached hydrogen (secondary N) is 4. The molecule has 0 rings (SSSR count). The number of hydrogen-bond donors (Lipinski definition) is 4. The standard InChI is InChI=1S/C20H38N4O4/c1-8-9-21-18(26)15(10-12(2)3)23-20(28)17(14(6)7)24-19(27)16(13(4)5)22-11-25/h11-17H,8-10H2,1-7H3,(H,21,26)(H,22,25)(H,23,28)(H,24,27)/i11T. The third-order valence-electron chi connectivity index (χ3n) is 4.30. The summed E-state index contributed by atoms with van der Waals surface area (Å²) in [5.41, 5.74) is 0. The van der Waals surface area contributed by atoms with E-state index in [1.54, 1.807) is 27.7 Å². The summed E-state index contributed by atoms with van der Waals surface area (Å²) in [5, 5.41) is 10.5. The molecule has 0 aliphatic carbocycles. The lowest BCUT2D eigenvalue weighted by Crippen LogP contribution is -2.58. The van der Waals surface area contributed by atoms with E-state index in [2.05, 4.69) is 21.3 Å². The van der Waals surface area contributed by atoms with E-state index in [9.17, 15) is 19.2 Å². The van der Waals surface area contributed by atoms with Gasteiger partial charge in [0, 0.05) is 6.54 Å². The lowest BCUT2D eigenvalue weighted by Gasteiger charge is -2.28. The Morgan fingerprint density at radius 1 is 0.893 bits per heavy atom. The van der Waals surface area contributed by atoms with Gasteiger partial charge in [0.15, 0.2) is 0 Å². The number of hydrogen-bond acceptors (Lipinski definition) is 4. The van der Waals surface area contributed by atoms with Gasteiger partial charge in [0.25, 0.3) is 0 Å². The largest absolute Gasteiger partial charge is 0.354 e. The van der Waals surface area contributed by atoms with Gasteiger partial charge in [0.2, 0.25) is 24.1 Å². The topological polar surface area (TPSA) is 116 Å². The van der Waals surface area contributed by atoms with Crippen molar-refractivity contribution < 1.29 is 20.5 Å². The summed E-state index contributed by atoms with van der Waals surface area (Å²) in [7, 11) is 0. The maximum atomic E-state index is 12.9. The Morgan fingerprint density at radius 2 is 1.43 bits per heavy atom. The van der Waals surface area contributed by atoms with Crippen LogP contribution in [0.2, 0.25) is 0 Å². The lowest BCUT2D eigenvalue weighted by molar-refractivity contribution is -0.134. The molecule has 0 aliphatic heterocycles. The quantitative estimate of drug-likeness (QED) is 0.365. The second-order valence-corrected chi connectivity index (χ2v) is 8.18. The summed E-state index contributed by atoms with van der Waals surface area (Å²) in [6, 6.07) is -2.49. The molecule has 28 heavy (non-hydrogen) atoms. The highest BCUT2D eigenvalue weighted by Crippen LogP contribution is 2.09. The maximum absolute atomic E-state index is 12.9. The van der Waals surface area contributed by atoms with E-state index in [-0.39, 0.29) is 23.7 Å². The molecule has 3 atom stereocenters. The van der Waals surface area contributed by atoms with Gasteiger partial charge in [0.1, 0.15) is 19.5 Å². The van der Waals surface area contributed by atoms with Gasteiger partial charge in [-0.05, 0) is 30.6 Å². The molecule has 0 radical (unpaired) electrons. The van der Waals surface area contributed by atoms with Crippen molar-refractivity contribution in [1.82, 2.24) is 21.3 Å². The van der Waals surface area contributed by atoms with Crippen LogP contribution >= 0.6 is 0 Å². The Balaban J connectivity index is 5.32. The molecule has 4 N–H and O–H groups in total. The molecular weight excluding hydrogens is 360 g/mol. The second-order valence-electron chi connectivity index (χ2n) is 8.18. The van der Waals surface area contributed by atoms with E-state index >= 15 is 0 Å². The first-order chi connectivity index (χ1) is 13.4. The van der Waals surface area contributed by atoms with Crippen molar-refractivity contribution in [3.63, 3.8) is 0 Å². The predicted octanol–water partition coefficient (Wildman–Crippen LogP) is 0.955. The fourth-order valence-corrected chi connectivity index (χ4v) is 2.71. The minimum atomic E-state index is -1.06. The highest BCUT2D eigenvalue weighted by Gasteiger charge is 2.31. The van der Waals surface area contributed by atoms with Gasteiger partial charge in [0.05, 0.1) is 0 Å². The Bertz CT molecular complexity index is 567. The van der Waals surface area contributed by atoms with Crippen molar-refractivity contribution in [2.75, 3.05) is 6.54 Å². The van der Waals surface area contributed by atoms with E-state index in [0.717, 1.165) is 6.42 Å². The fourth-order valence-electron chi connectivity index (χ4n) is 2.71. The highest BCUT2D eigenvalue weighted by molar-refractivity contribution is 5.93. The van der Waals surface area contributed by atoms with E-state index in [1.807, 2.05) is 20.8 Å². The minimum absolute atomic E-state index is 0.192. The van der Waals surface area contributed by atoms with Crippen LogP contribution in [0.5, 0.6) is 0 Å². The van der Waals surface area contributed by atoms with Gasteiger partial charge in [-0.1, -0.05) is 48.5 Å². The molecule has 0 bridgehead atoms. The van der Waals surface area contributed by atoms with E-state index < -0.39 is 36.3 Å². The van der Waals surface area contributed by atoms with Gasteiger partial charge < -0.3 is 21.3 Å². The zero-order valence-corrected chi connectivity index (χ0v) is 18.2. The first-order valence-electron chi connectivity index (χ1n) is 10.6. The molecule has 8 heteroatoms. The van der Waals surface area contributed by atoms with Crippen LogP contribution in [0, 0.1) is 17.8 Å². The molecule has 8 nitrogen and oxygen atoms in total. The zero-order chi connectivity index (χ0) is 22.7. The molecule has 0 heterocycles. The van der Waals surface area contributed by atoms with Crippen LogP contribution in [0.25, 0.3) is 0 Å². The monoisotopic (exact) mass is 400 g/mol. The van der Waals surface area contributed by atoms with Crippen molar-refractivity contribution in [3.8, 4) is 0 Å². The van der Waals surface area contributed by atoms with Gasteiger partial charge in [-0.15, -0.1) is 0 Å². The van der Waals surface area contributed by atoms with Crippen molar-refractivity contribution >= 4 is 24.1 Å². The van der Waals surface area contributed by atoms with Crippen LogP contribution in [0.3, 0.4) is 0 Å². The lowest BCUT2D eigenvalue weighted by atomic mass is 9.98. The molecule has 3 unspecified atom stereocenters. The molecule has 0 aliphatic rings. The summed E-state index contributed by atoms with van der Waals surface area (Å²) in [6.45, 7) is 13.4. The van der Waals surface area contributed by atoms with E-state index in [0.29, 0.717) is 13.0 Å². The average molecular weight is 401 g/mol. The first-order valence-corrected chi connectivity index (χ1v) is 10.1. The van der Waals surface area contributed by atoms with Crippen LogP contribution in [-0.2, 0) is 19.2 Å². The predicted molar refractivity (Wildman–Crippen MR) is 109 cm³/mol. The summed E-state index contributed by atoms with van der Waals surface area (Å²) >= 11 is 0.